The predicted molar refractivity (Wildman–Crippen MR) is 106 cm³/mol. The van der Waals surface area contributed by atoms with Gasteiger partial charge in [-0.15, -0.1) is 11.3 Å². The van der Waals surface area contributed by atoms with Gasteiger partial charge in [0.1, 0.15) is 21.5 Å². The molecular formula is C19H24F2N4O2S. The van der Waals surface area contributed by atoms with E-state index in [1.165, 1.54) is 23.5 Å². The first-order chi connectivity index (χ1) is 13.3. The van der Waals surface area contributed by atoms with E-state index in [2.05, 4.69) is 20.6 Å². The zero-order valence-corrected chi connectivity index (χ0v) is 17.1. The van der Waals surface area contributed by atoms with Crippen molar-refractivity contribution in [3.63, 3.8) is 0 Å². The molecule has 28 heavy (non-hydrogen) atoms. The van der Waals surface area contributed by atoms with Crippen molar-refractivity contribution in [1.29, 1.82) is 0 Å². The first-order valence-corrected chi connectivity index (χ1v) is 9.72. The van der Waals surface area contributed by atoms with Crippen molar-refractivity contribution >= 4 is 23.3 Å². The van der Waals surface area contributed by atoms with Crippen LogP contribution in [0.15, 0.2) is 23.2 Å². The summed E-state index contributed by atoms with van der Waals surface area (Å²) in [5.41, 5.74) is 1.05. The summed E-state index contributed by atoms with van der Waals surface area (Å²) < 4.78 is 31.7. The minimum Gasteiger partial charge on any atom is -0.462 e. The Morgan fingerprint density at radius 2 is 2.14 bits per heavy atom. The maximum Gasteiger partial charge on any atom is 0.350 e. The number of thiazole rings is 1. The van der Waals surface area contributed by atoms with Crippen LogP contribution in [0.4, 0.5) is 8.78 Å². The standard InChI is InChI=1S/C19H24F2N4O2S/c1-5-27-18(26)16-11(2)24-17(28-16)12(3)25-19(22-4)23-9-8-13-6-7-14(20)10-15(13)21/h6-7,10,12H,5,8-9H2,1-4H3,(H2,22,23,25). The average Bonchev–Trinajstić information content (AvgIpc) is 3.04. The van der Waals surface area contributed by atoms with Gasteiger partial charge in [0.2, 0.25) is 0 Å². The third-order valence-electron chi connectivity index (χ3n) is 3.92. The molecule has 0 fully saturated rings. The van der Waals surface area contributed by atoms with Crippen molar-refractivity contribution in [3.8, 4) is 0 Å². The van der Waals surface area contributed by atoms with Gasteiger partial charge in [0.15, 0.2) is 5.96 Å². The number of aryl methyl sites for hydroxylation is 1. The molecule has 0 amide bonds. The Morgan fingerprint density at radius 1 is 1.39 bits per heavy atom. The number of rotatable bonds is 7. The van der Waals surface area contributed by atoms with Crippen LogP contribution in [-0.2, 0) is 11.2 Å². The van der Waals surface area contributed by atoms with Crippen molar-refractivity contribution in [2.75, 3.05) is 20.2 Å². The minimum atomic E-state index is -0.596. The largest absolute Gasteiger partial charge is 0.462 e. The zero-order chi connectivity index (χ0) is 20.7. The van der Waals surface area contributed by atoms with Crippen molar-refractivity contribution in [1.82, 2.24) is 15.6 Å². The molecule has 152 valence electrons. The summed E-state index contributed by atoms with van der Waals surface area (Å²) in [6.07, 6.45) is 0.380. The van der Waals surface area contributed by atoms with Gasteiger partial charge in [-0.1, -0.05) is 6.07 Å². The van der Waals surface area contributed by atoms with Gasteiger partial charge in [0.25, 0.3) is 0 Å². The van der Waals surface area contributed by atoms with Gasteiger partial charge in [-0.25, -0.2) is 18.6 Å². The van der Waals surface area contributed by atoms with Crippen LogP contribution >= 0.6 is 11.3 Å². The van der Waals surface area contributed by atoms with Crippen LogP contribution in [0, 0.1) is 18.6 Å². The molecule has 0 aliphatic carbocycles. The summed E-state index contributed by atoms with van der Waals surface area (Å²) >= 11 is 1.28. The number of aliphatic imine (C=N–C) groups is 1. The molecule has 0 aliphatic rings. The quantitative estimate of drug-likeness (QED) is 0.416. The van der Waals surface area contributed by atoms with Gasteiger partial charge in [-0.2, -0.15) is 0 Å². The third-order valence-corrected chi connectivity index (χ3v) is 5.24. The highest BCUT2D eigenvalue weighted by atomic mass is 32.1. The second-order valence-corrected chi connectivity index (χ2v) is 7.07. The number of nitrogens with zero attached hydrogens (tertiary/aromatic N) is 2. The number of benzene rings is 1. The first-order valence-electron chi connectivity index (χ1n) is 8.91. The number of carbonyl (C=O) groups excluding carboxylic acids is 1. The van der Waals surface area contributed by atoms with Crippen LogP contribution < -0.4 is 10.6 Å². The summed E-state index contributed by atoms with van der Waals surface area (Å²) in [5.74, 6) is -1.02. The molecule has 1 aromatic heterocycles. The maximum absolute atomic E-state index is 13.7. The molecule has 6 nitrogen and oxygen atoms in total. The second kappa shape index (κ2) is 10.1. The number of ether oxygens (including phenoxy) is 1. The van der Waals surface area contributed by atoms with Gasteiger partial charge >= 0.3 is 5.97 Å². The van der Waals surface area contributed by atoms with E-state index in [4.69, 9.17) is 4.74 Å². The topological polar surface area (TPSA) is 75.6 Å². The van der Waals surface area contributed by atoms with E-state index < -0.39 is 11.6 Å². The van der Waals surface area contributed by atoms with E-state index in [0.29, 0.717) is 41.7 Å². The van der Waals surface area contributed by atoms with Crippen molar-refractivity contribution in [2.45, 2.75) is 33.2 Å². The van der Waals surface area contributed by atoms with Crippen LogP contribution in [0.1, 0.15) is 45.8 Å². The normalized spacial score (nSPS) is 12.6. The second-order valence-electron chi connectivity index (χ2n) is 6.04. The Labute approximate surface area is 167 Å². The molecule has 0 bridgehead atoms. The van der Waals surface area contributed by atoms with Crippen molar-refractivity contribution < 1.29 is 18.3 Å². The van der Waals surface area contributed by atoms with Crippen molar-refractivity contribution in [3.05, 3.63) is 51.0 Å². The molecule has 0 aliphatic heterocycles. The molecule has 2 N–H and O–H groups in total. The van der Waals surface area contributed by atoms with E-state index in [9.17, 15) is 13.6 Å². The Balaban J connectivity index is 1.93. The number of guanidine groups is 1. The molecule has 9 heteroatoms. The molecule has 1 atom stereocenters. The average molecular weight is 410 g/mol. The summed E-state index contributed by atoms with van der Waals surface area (Å²) in [6, 6.07) is 3.34. The van der Waals surface area contributed by atoms with E-state index in [1.54, 1.807) is 20.9 Å². The van der Waals surface area contributed by atoms with Gasteiger partial charge < -0.3 is 15.4 Å². The molecule has 1 unspecified atom stereocenters. The SMILES string of the molecule is CCOC(=O)c1sc(C(C)NC(=NC)NCCc2ccc(F)cc2F)nc1C. The van der Waals surface area contributed by atoms with Crippen LogP contribution in [-0.4, -0.2) is 37.1 Å². The number of hydrogen-bond acceptors (Lipinski definition) is 5. The fraction of sp³-hybridized carbons (Fsp3) is 0.421. The highest BCUT2D eigenvalue weighted by molar-refractivity contribution is 7.13. The lowest BCUT2D eigenvalue weighted by Crippen LogP contribution is -2.39. The summed E-state index contributed by atoms with van der Waals surface area (Å²) in [5, 5.41) is 7.00. The fourth-order valence-corrected chi connectivity index (χ4v) is 3.45. The zero-order valence-electron chi connectivity index (χ0n) is 16.3. The number of esters is 1. The molecule has 2 rings (SSSR count). The minimum absolute atomic E-state index is 0.194. The number of halogens is 2. The van der Waals surface area contributed by atoms with Crippen LogP contribution in [0.3, 0.4) is 0 Å². The van der Waals surface area contributed by atoms with Gasteiger partial charge in [-0.05, 0) is 38.8 Å². The first kappa shape index (κ1) is 21.7. The maximum atomic E-state index is 13.7. The summed E-state index contributed by atoms with van der Waals surface area (Å²) in [4.78, 5) is 21.0. The summed E-state index contributed by atoms with van der Waals surface area (Å²) in [7, 11) is 1.62. The Morgan fingerprint density at radius 3 is 2.79 bits per heavy atom. The molecule has 0 radical (unpaired) electrons. The molecule has 1 aromatic carbocycles. The van der Waals surface area contributed by atoms with E-state index in [0.717, 1.165) is 11.1 Å². The van der Waals surface area contributed by atoms with E-state index >= 15 is 0 Å². The molecular weight excluding hydrogens is 386 g/mol. The third kappa shape index (κ3) is 5.72. The Bertz CT molecular complexity index is 854. The molecule has 0 saturated heterocycles. The number of hydrogen-bond donors (Lipinski definition) is 2. The number of carbonyl (C=O) groups is 1. The monoisotopic (exact) mass is 410 g/mol. The van der Waals surface area contributed by atoms with Gasteiger partial charge in [-0.3, -0.25) is 4.99 Å². The van der Waals surface area contributed by atoms with Crippen LogP contribution in [0.2, 0.25) is 0 Å². The van der Waals surface area contributed by atoms with E-state index in [1.807, 2.05) is 6.92 Å². The Hall–Kier alpha value is -2.55. The lowest BCUT2D eigenvalue weighted by molar-refractivity contribution is 0.0531. The number of nitrogens with one attached hydrogen (secondary N) is 2. The van der Waals surface area contributed by atoms with Crippen LogP contribution in [0.25, 0.3) is 0 Å². The van der Waals surface area contributed by atoms with Gasteiger partial charge in [0, 0.05) is 19.7 Å². The van der Waals surface area contributed by atoms with Crippen molar-refractivity contribution in [2.24, 2.45) is 4.99 Å². The molecule has 0 spiro atoms. The van der Waals surface area contributed by atoms with Crippen LogP contribution in [0.5, 0.6) is 0 Å². The lowest BCUT2D eigenvalue weighted by Gasteiger charge is -2.16. The molecule has 0 saturated carbocycles. The summed E-state index contributed by atoms with van der Waals surface area (Å²) in [6.45, 7) is 6.15. The fourth-order valence-electron chi connectivity index (χ4n) is 2.49. The highest BCUT2D eigenvalue weighted by Crippen LogP contribution is 2.24. The highest BCUT2D eigenvalue weighted by Gasteiger charge is 2.20. The van der Waals surface area contributed by atoms with Gasteiger partial charge in [0.05, 0.1) is 18.3 Å². The number of aromatic nitrogens is 1. The predicted octanol–water partition coefficient (Wildman–Crippen LogP) is 3.38. The lowest BCUT2D eigenvalue weighted by atomic mass is 10.1. The van der Waals surface area contributed by atoms with E-state index in [-0.39, 0.29) is 12.0 Å². The molecule has 1 heterocycles. The smallest absolute Gasteiger partial charge is 0.350 e. The Kier molecular flexibility index (Phi) is 7.86. The molecule has 2 aromatic rings.